The van der Waals surface area contributed by atoms with Crippen LogP contribution in [0.3, 0.4) is 0 Å². The van der Waals surface area contributed by atoms with E-state index in [0.29, 0.717) is 27.7 Å². The van der Waals surface area contributed by atoms with E-state index in [-0.39, 0.29) is 5.91 Å². The van der Waals surface area contributed by atoms with E-state index in [1.807, 2.05) is 36.7 Å². The Bertz CT molecular complexity index is 1520. The van der Waals surface area contributed by atoms with Crippen molar-refractivity contribution in [1.82, 2.24) is 19.1 Å². The first-order valence-electron chi connectivity index (χ1n) is 9.97. The highest BCUT2D eigenvalue weighted by atomic mass is 35.5. The van der Waals surface area contributed by atoms with Crippen LogP contribution in [0.5, 0.6) is 0 Å². The number of anilines is 1. The van der Waals surface area contributed by atoms with E-state index in [1.54, 1.807) is 47.0 Å². The Morgan fingerprint density at radius 2 is 1.91 bits per heavy atom. The van der Waals surface area contributed by atoms with Crippen LogP contribution in [0.2, 0.25) is 5.15 Å². The van der Waals surface area contributed by atoms with E-state index in [1.165, 1.54) is 12.1 Å². The summed E-state index contributed by atoms with van der Waals surface area (Å²) in [5, 5.41) is 1.05. The quantitative estimate of drug-likeness (QED) is 0.353. The van der Waals surface area contributed by atoms with Crippen LogP contribution in [0.4, 0.5) is 10.1 Å². The second-order valence-corrected chi connectivity index (χ2v) is 8.05. The smallest absolute Gasteiger partial charge is 0.275 e. The molecule has 0 spiro atoms. The van der Waals surface area contributed by atoms with E-state index in [4.69, 9.17) is 11.6 Å². The van der Waals surface area contributed by atoms with Crippen molar-refractivity contribution in [2.45, 2.75) is 6.92 Å². The summed E-state index contributed by atoms with van der Waals surface area (Å²) in [7, 11) is 3.66. The number of benzene rings is 2. The number of aromatic nitrogens is 4. The highest BCUT2D eigenvalue weighted by Crippen LogP contribution is 2.29. The summed E-state index contributed by atoms with van der Waals surface area (Å²) >= 11 is 6.08. The van der Waals surface area contributed by atoms with Gasteiger partial charge in [-0.15, -0.1) is 0 Å². The number of carbonyl (C=O) groups is 1. The summed E-state index contributed by atoms with van der Waals surface area (Å²) in [4.78, 5) is 23.9. The Morgan fingerprint density at radius 3 is 2.69 bits per heavy atom. The number of aryl methyl sites for hydroxylation is 2. The number of hydrogen-bond donors (Lipinski definition) is 0. The summed E-state index contributed by atoms with van der Waals surface area (Å²) in [5.41, 5.74) is 4.05. The lowest BCUT2D eigenvalue weighted by atomic mass is 10.2. The molecule has 0 unspecified atom stereocenters. The van der Waals surface area contributed by atoms with Crippen molar-refractivity contribution in [2.75, 3.05) is 11.9 Å². The van der Waals surface area contributed by atoms with Crippen molar-refractivity contribution in [2.24, 2.45) is 7.05 Å². The van der Waals surface area contributed by atoms with Crippen LogP contribution in [0.1, 0.15) is 16.3 Å². The van der Waals surface area contributed by atoms with Gasteiger partial charge in [0, 0.05) is 30.9 Å². The van der Waals surface area contributed by atoms with Gasteiger partial charge in [-0.05, 0) is 55.5 Å². The Labute approximate surface area is 188 Å². The molecule has 0 saturated heterocycles. The molecule has 0 atom stereocenters. The third-order valence-corrected chi connectivity index (χ3v) is 5.93. The lowest BCUT2D eigenvalue weighted by Crippen LogP contribution is -2.28. The molecule has 0 radical (unpaired) electrons. The van der Waals surface area contributed by atoms with E-state index in [9.17, 15) is 9.18 Å². The number of nitrogens with zero attached hydrogens (tertiary/aromatic N) is 5. The fourth-order valence-electron chi connectivity index (χ4n) is 3.94. The number of pyridine rings is 1. The van der Waals surface area contributed by atoms with Crippen LogP contribution in [-0.2, 0) is 7.05 Å². The fourth-order valence-corrected chi connectivity index (χ4v) is 4.10. The van der Waals surface area contributed by atoms with Crippen LogP contribution < -0.4 is 4.90 Å². The average molecular weight is 448 g/mol. The number of halogens is 2. The zero-order valence-corrected chi connectivity index (χ0v) is 18.4. The average Bonchev–Trinajstić information content (AvgIpc) is 3.29. The van der Waals surface area contributed by atoms with Crippen molar-refractivity contribution in [3.8, 4) is 5.69 Å². The molecule has 8 heteroatoms. The molecule has 160 valence electrons. The van der Waals surface area contributed by atoms with Gasteiger partial charge in [-0.2, -0.15) is 0 Å². The second kappa shape index (κ2) is 7.46. The van der Waals surface area contributed by atoms with Gasteiger partial charge in [-0.1, -0.05) is 17.7 Å². The van der Waals surface area contributed by atoms with E-state index in [2.05, 4.69) is 9.97 Å². The van der Waals surface area contributed by atoms with E-state index >= 15 is 0 Å². The third kappa shape index (κ3) is 3.22. The molecular formula is C24H19ClFN5O. The van der Waals surface area contributed by atoms with Gasteiger partial charge in [0.15, 0.2) is 0 Å². The molecule has 3 heterocycles. The summed E-state index contributed by atoms with van der Waals surface area (Å²) in [6.07, 6.45) is 1.59. The molecule has 32 heavy (non-hydrogen) atoms. The minimum atomic E-state index is -0.394. The zero-order valence-electron chi connectivity index (χ0n) is 17.7. The molecule has 0 fully saturated rings. The molecule has 6 nitrogen and oxygen atoms in total. The molecule has 0 aliphatic rings. The number of hydrogen-bond acceptors (Lipinski definition) is 3. The van der Waals surface area contributed by atoms with Gasteiger partial charge in [-0.25, -0.2) is 14.4 Å². The van der Waals surface area contributed by atoms with Gasteiger partial charge in [0.25, 0.3) is 5.91 Å². The number of fused-ring (bicyclic) bond motifs is 2. The van der Waals surface area contributed by atoms with Gasteiger partial charge >= 0.3 is 0 Å². The van der Waals surface area contributed by atoms with Crippen LogP contribution in [0.15, 0.2) is 60.8 Å². The standard InChI is InChI=1S/C24H19ClFN5O/c1-14-28-19-12-17(7-8-20(19)29(14)2)30(3)24(32)21-9-15-10-23(25)27-13-22(15)31(21)18-6-4-5-16(26)11-18/h4-13H,1-3H3. The molecule has 0 saturated carbocycles. The van der Waals surface area contributed by atoms with Crippen molar-refractivity contribution < 1.29 is 9.18 Å². The van der Waals surface area contributed by atoms with Gasteiger partial charge in [-0.3, -0.25) is 4.79 Å². The Hall–Kier alpha value is -3.71. The van der Waals surface area contributed by atoms with Gasteiger partial charge in [0.2, 0.25) is 0 Å². The Kier molecular flexibility index (Phi) is 4.71. The minimum Gasteiger partial charge on any atom is -0.331 e. The maximum atomic E-state index is 14.0. The summed E-state index contributed by atoms with van der Waals surface area (Å²) in [6, 6.07) is 15.2. The first kappa shape index (κ1) is 20.2. The number of rotatable bonds is 3. The SMILES string of the molecule is Cc1nc2cc(N(C)C(=O)c3cc4cc(Cl)ncc4n3-c3cccc(F)c3)ccc2n1C. The maximum absolute atomic E-state index is 14.0. The predicted octanol–water partition coefficient (Wildman–Crippen LogP) is 5.29. The highest BCUT2D eigenvalue weighted by molar-refractivity contribution is 6.30. The van der Waals surface area contributed by atoms with E-state index < -0.39 is 5.82 Å². The molecular weight excluding hydrogens is 429 g/mol. The predicted molar refractivity (Wildman–Crippen MR) is 124 cm³/mol. The molecule has 0 aliphatic heterocycles. The molecule has 5 rings (SSSR count). The lowest BCUT2D eigenvalue weighted by molar-refractivity contribution is 0.0987. The molecule has 0 aliphatic carbocycles. The number of carbonyl (C=O) groups excluding carboxylic acids is 1. The van der Waals surface area contributed by atoms with Crippen molar-refractivity contribution in [3.63, 3.8) is 0 Å². The van der Waals surface area contributed by atoms with Gasteiger partial charge in [0.05, 0.1) is 22.7 Å². The van der Waals surface area contributed by atoms with Crippen molar-refractivity contribution >= 4 is 45.1 Å². The molecule has 1 amide bonds. The maximum Gasteiger partial charge on any atom is 0.275 e. The van der Waals surface area contributed by atoms with Crippen LogP contribution in [0, 0.1) is 12.7 Å². The first-order valence-corrected chi connectivity index (χ1v) is 10.4. The summed E-state index contributed by atoms with van der Waals surface area (Å²) < 4.78 is 17.7. The van der Waals surface area contributed by atoms with Crippen LogP contribution >= 0.6 is 11.6 Å². The summed E-state index contributed by atoms with van der Waals surface area (Å²) in [5.74, 6) is 0.240. The number of imidazole rings is 1. The first-order chi connectivity index (χ1) is 15.3. The lowest BCUT2D eigenvalue weighted by Gasteiger charge is -2.19. The normalized spacial score (nSPS) is 11.4. The number of amides is 1. The molecule has 0 bridgehead atoms. The molecule has 3 aromatic heterocycles. The largest absolute Gasteiger partial charge is 0.331 e. The minimum absolute atomic E-state index is 0.256. The second-order valence-electron chi connectivity index (χ2n) is 7.67. The Balaban J connectivity index is 1.65. The highest BCUT2D eigenvalue weighted by Gasteiger charge is 2.22. The molecule has 2 aromatic carbocycles. The van der Waals surface area contributed by atoms with Crippen LogP contribution in [0.25, 0.3) is 27.6 Å². The third-order valence-electron chi connectivity index (χ3n) is 5.72. The van der Waals surface area contributed by atoms with E-state index in [0.717, 1.165) is 22.2 Å². The molecule has 0 N–H and O–H groups in total. The van der Waals surface area contributed by atoms with Crippen LogP contribution in [-0.4, -0.2) is 32.1 Å². The monoisotopic (exact) mass is 447 g/mol. The van der Waals surface area contributed by atoms with Gasteiger partial charge < -0.3 is 14.0 Å². The zero-order chi connectivity index (χ0) is 22.6. The van der Waals surface area contributed by atoms with Crippen molar-refractivity contribution in [1.29, 1.82) is 0 Å². The van der Waals surface area contributed by atoms with Crippen molar-refractivity contribution in [3.05, 3.63) is 83.3 Å². The Morgan fingerprint density at radius 1 is 1.09 bits per heavy atom. The summed E-state index contributed by atoms with van der Waals surface area (Å²) in [6.45, 7) is 1.94. The van der Waals surface area contributed by atoms with Gasteiger partial charge in [0.1, 0.15) is 22.5 Å². The topological polar surface area (TPSA) is 56.0 Å². The molecule has 5 aromatic rings. The fraction of sp³-hybridized carbons (Fsp3) is 0.125.